The van der Waals surface area contributed by atoms with Gasteiger partial charge in [0.15, 0.2) is 23.0 Å². The monoisotopic (exact) mass is 1100 g/mol. The van der Waals surface area contributed by atoms with E-state index in [1.165, 1.54) is 49.6 Å². The minimum Gasteiger partial charge on any atom is -0.629 e. The highest BCUT2D eigenvalue weighted by Crippen LogP contribution is 2.54. The molecule has 2 aliphatic heterocycles. The number of fused-ring (bicyclic) bond motifs is 1. The van der Waals surface area contributed by atoms with E-state index >= 15 is 4.39 Å². The first-order valence-corrected chi connectivity index (χ1v) is 29.0. The second-order valence-electron chi connectivity index (χ2n) is 22.8. The van der Waals surface area contributed by atoms with Crippen molar-refractivity contribution in [2.24, 2.45) is 11.3 Å². The summed E-state index contributed by atoms with van der Waals surface area (Å²) in [5.74, 6) is 0.618. The van der Waals surface area contributed by atoms with Crippen LogP contribution in [0.1, 0.15) is 122 Å². The predicted octanol–water partition coefficient (Wildman–Crippen LogP) is 8.10. The average Bonchev–Trinajstić information content (AvgIpc) is 3.95. The van der Waals surface area contributed by atoms with Gasteiger partial charge in [-0.3, -0.25) is 14.6 Å². The molecule has 3 aliphatic carbocycles. The molecule has 2 atom stereocenters. The van der Waals surface area contributed by atoms with Crippen molar-refractivity contribution in [3.63, 3.8) is 0 Å². The molecule has 0 radical (unpaired) electrons. The number of sulfonamides is 1. The molecule has 79 heavy (non-hydrogen) atoms. The topological polar surface area (TPSA) is 208 Å². The summed E-state index contributed by atoms with van der Waals surface area (Å²) in [5, 5.41) is 26.1. The molecular weight excluding hydrogens is 1030 g/mol. The highest BCUT2D eigenvalue weighted by Gasteiger charge is 2.50. The molecule has 18 nitrogen and oxygen atoms in total. The molecule has 10 rings (SSSR count). The lowest BCUT2D eigenvalue weighted by Gasteiger charge is -2.58. The number of nitrogens with one attached hydrogen (secondary N) is 3. The van der Waals surface area contributed by atoms with Gasteiger partial charge in [-0.2, -0.15) is 0 Å². The normalized spacial score (nSPS) is 22.0. The van der Waals surface area contributed by atoms with Gasteiger partial charge < -0.3 is 44.5 Å². The van der Waals surface area contributed by atoms with Crippen molar-refractivity contribution in [3.8, 4) is 29.0 Å². The van der Waals surface area contributed by atoms with E-state index in [0.717, 1.165) is 95.2 Å². The lowest BCUT2D eigenvalue weighted by atomic mass is 9.59. The summed E-state index contributed by atoms with van der Waals surface area (Å²) in [6.07, 6.45) is 11.7. The molecule has 0 bridgehead atoms. The first-order chi connectivity index (χ1) is 37.8. The van der Waals surface area contributed by atoms with E-state index in [2.05, 4.69) is 77.8 Å². The number of carbonyl (C=O) groups is 1. The number of anilines is 2. The Morgan fingerprint density at radius 1 is 0.911 bits per heavy atom. The molecule has 1 spiro atoms. The van der Waals surface area contributed by atoms with Crippen molar-refractivity contribution >= 4 is 38.9 Å². The van der Waals surface area contributed by atoms with Gasteiger partial charge in [0.25, 0.3) is 27.7 Å². The Hall–Kier alpha value is -6.42. The number of hydrogen-bond acceptors (Lipinski definition) is 16. The van der Waals surface area contributed by atoms with E-state index in [4.69, 9.17) is 18.9 Å². The number of pyridine rings is 3. The highest BCUT2D eigenvalue weighted by atomic mass is 32.2. The number of piperidine rings is 1. The fourth-order valence-electron chi connectivity index (χ4n) is 12.5. The number of nitrogens with zero attached hydrogens (tertiary/aromatic N) is 6. The van der Waals surface area contributed by atoms with Crippen molar-refractivity contribution in [2.45, 2.75) is 114 Å². The van der Waals surface area contributed by atoms with E-state index < -0.39 is 32.4 Å². The first-order valence-electron chi connectivity index (χ1n) is 27.5. The van der Waals surface area contributed by atoms with Crippen molar-refractivity contribution in [1.29, 1.82) is 0 Å². The smallest absolute Gasteiger partial charge is 0.268 e. The quantitative estimate of drug-likeness (QED) is 0.0611. The summed E-state index contributed by atoms with van der Waals surface area (Å²) in [6.45, 7) is 11.9. The van der Waals surface area contributed by atoms with Gasteiger partial charge in [0.05, 0.1) is 51.4 Å². The number of hydroxylamine groups is 1. The Kier molecular flexibility index (Phi) is 16.3. The number of aliphatic hydroxyl groups is 1. The molecule has 3 aromatic heterocycles. The number of piperazine rings is 1. The lowest BCUT2D eigenvalue weighted by Crippen LogP contribution is -2.98. The predicted molar refractivity (Wildman–Crippen MR) is 299 cm³/mol. The minimum atomic E-state index is -4.59. The summed E-state index contributed by atoms with van der Waals surface area (Å²) < 4.78 is 68.3. The van der Waals surface area contributed by atoms with Crippen LogP contribution >= 0.6 is 0 Å². The second kappa shape index (κ2) is 23.0. The lowest BCUT2D eigenvalue weighted by molar-refractivity contribution is -0.751. The molecule has 4 N–H and O–H groups in total. The number of carbonyl (C=O) groups excluding carboxylic acids is 1. The van der Waals surface area contributed by atoms with E-state index in [1.54, 1.807) is 26.4 Å². The zero-order valence-corrected chi connectivity index (χ0v) is 47.1. The van der Waals surface area contributed by atoms with Crippen LogP contribution in [-0.4, -0.2) is 123 Å². The van der Waals surface area contributed by atoms with Gasteiger partial charge >= 0.3 is 0 Å². The van der Waals surface area contributed by atoms with Crippen LogP contribution in [0, 0.1) is 16.5 Å². The Morgan fingerprint density at radius 2 is 1.66 bits per heavy atom. The standard InChI is InChI=1S/C59H74FN9O9S/c1-37(2)43-10-8-9-11-44(43)50-36-67(35-39-26-52(75-5)56(76-6)63-33-39)24-25-69(50)41-30-59(31-41)20-22-68(23-21-59)40-12-13-45(51(27-40)78-53-29-46-47(60)14-15-48(46)64-57(53)77-7)55(70)65-79(73,74)42-28-49(66(4)72)54(62-34-42)61-32-38-16-18-58(3,71)19-17-38/h8-14,26-29,33-34,37-38,41,50,66,71H,15-25,30-32,35-36H2,1-7H3,(H,61,62)(H,65,70). The highest BCUT2D eigenvalue weighted by molar-refractivity contribution is 7.90. The van der Waals surface area contributed by atoms with Gasteiger partial charge in [0.1, 0.15) is 16.5 Å². The Morgan fingerprint density at radius 3 is 2.37 bits per heavy atom. The van der Waals surface area contributed by atoms with Crippen LogP contribution in [0.25, 0.3) is 5.83 Å². The molecule has 5 aliphatic rings. The van der Waals surface area contributed by atoms with E-state index in [-0.39, 0.29) is 68.7 Å². The summed E-state index contributed by atoms with van der Waals surface area (Å²) >= 11 is 0. The third-order valence-corrected chi connectivity index (χ3v) is 18.4. The van der Waals surface area contributed by atoms with Crippen LogP contribution in [0.5, 0.6) is 29.0 Å². The van der Waals surface area contributed by atoms with Crippen LogP contribution in [0.2, 0.25) is 0 Å². The third-order valence-electron chi connectivity index (χ3n) is 17.1. The second-order valence-corrected chi connectivity index (χ2v) is 24.5. The number of benzene rings is 2. The van der Waals surface area contributed by atoms with Gasteiger partial charge in [-0.15, -0.1) is 0 Å². The van der Waals surface area contributed by atoms with Crippen LogP contribution in [0.4, 0.5) is 21.6 Å². The zero-order valence-electron chi connectivity index (χ0n) is 46.3. The molecule has 4 fully saturated rings. The van der Waals surface area contributed by atoms with Crippen molar-refractivity contribution in [3.05, 3.63) is 118 Å². The maximum Gasteiger partial charge on any atom is 0.268 e. The molecule has 2 unspecified atom stereocenters. The van der Waals surface area contributed by atoms with E-state index in [1.807, 2.05) is 19.2 Å². The molecule has 2 saturated carbocycles. The minimum absolute atomic E-state index is 0.0113. The van der Waals surface area contributed by atoms with Crippen molar-refractivity contribution in [2.75, 3.05) is 77.9 Å². The summed E-state index contributed by atoms with van der Waals surface area (Å²) in [5.41, 5.74) is 4.73. The number of rotatable bonds is 18. The summed E-state index contributed by atoms with van der Waals surface area (Å²) in [4.78, 5) is 34.8. The number of ether oxygens (including phenoxy) is 4. The van der Waals surface area contributed by atoms with Gasteiger partial charge in [-0.05, 0) is 123 Å². The Balaban J connectivity index is 0.853. The molecular formula is C59H74FN9O9S. The maximum absolute atomic E-state index is 15.0. The maximum atomic E-state index is 15.0. The Bertz CT molecular complexity index is 3190. The summed E-state index contributed by atoms with van der Waals surface area (Å²) in [6, 6.07) is 19.3. The number of hydrogen-bond donors (Lipinski definition) is 4. The number of quaternary nitrogens is 1. The Labute approximate surface area is 463 Å². The molecule has 422 valence electrons. The van der Waals surface area contributed by atoms with E-state index in [0.29, 0.717) is 48.7 Å². The molecule has 5 aromatic rings. The number of amides is 1. The van der Waals surface area contributed by atoms with E-state index in [9.17, 15) is 23.5 Å². The summed E-state index contributed by atoms with van der Waals surface area (Å²) in [7, 11) is 1.38. The molecule has 5 heterocycles. The van der Waals surface area contributed by atoms with Gasteiger partial charge in [0.2, 0.25) is 0 Å². The average molecular weight is 1100 g/mol. The van der Waals surface area contributed by atoms with Crippen molar-refractivity contribution < 1.29 is 46.7 Å². The van der Waals surface area contributed by atoms with Crippen LogP contribution in [0.3, 0.4) is 0 Å². The third kappa shape index (κ3) is 12.1. The van der Waals surface area contributed by atoms with Crippen LogP contribution in [0.15, 0.2) is 84.0 Å². The fourth-order valence-corrected chi connectivity index (χ4v) is 13.4. The van der Waals surface area contributed by atoms with Crippen LogP contribution in [-0.2, 0) is 23.0 Å². The number of aromatic nitrogens is 3. The zero-order chi connectivity index (χ0) is 55.8. The van der Waals surface area contributed by atoms with Gasteiger partial charge in [-0.25, -0.2) is 32.5 Å². The number of methoxy groups -OCH3 is 3. The van der Waals surface area contributed by atoms with Crippen molar-refractivity contribution in [1.82, 2.24) is 29.5 Å². The number of allylic oxidation sites excluding steroid dienone is 1. The SMILES string of the molecule is COc1cc(CN2CCN(C3CC4(CCN(c5ccc(C(=O)NS(=O)(=O)c6cnc(NCC7CCC(C)(O)CC7)c([NH+](C)[O-])c6)c(Oc6cc7c(nc6OC)CC=C7F)c5)CC4)C3)C(c3ccccc3C(C)C)C2)cnc1OC. The largest absolute Gasteiger partial charge is 0.629 e. The fraction of sp³-hybridized carbons (Fsp3) is 0.492. The van der Waals surface area contributed by atoms with Gasteiger partial charge in [-0.1, -0.05) is 38.1 Å². The molecule has 2 saturated heterocycles. The van der Waals surface area contributed by atoms with Gasteiger partial charge in [0, 0.05) is 93.9 Å². The number of halogens is 1. The first kappa shape index (κ1) is 55.9. The molecule has 2 aromatic carbocycles. The molecule has 20 heteroatoms. The van der Waals surface area contributed by atoms with Crippen LogP contribution < -0.4 is 38.9 Å². The molecule has 1 amide bonds.